The Bertz CT molecular complexity index is 836. The van der Waals surface area contributed by atoms with Crippen LogP contribution in [0.4, 0.5) is 0 Å². The predicted octanol–water partition coefficient (Wildman–Crippen LogP) is 2.86. The van der Waals surface area contributed by atoms with E-state index in [1.54, 1.807) is 0 Å². The van der Waals surface area contributed by atoms with Crippen LogP contribution in [0.15, 0.2) is 47.5 Å². The molecule has 3 rings (SSSR count). The van der Waals surface area contributed by atoms with Gasteiger partial charge in [-0.05, 0) is 62.3 Å². The largest absolute Gasteiger partial charge is 0.493 e. The highest BCUT2D eigenvalue weighted by Gasteiger charge is 2.11. The van der Waals surface area contributed by atoms with Crippen LogP contribution in [0, 0.1) is 0 Å². The number of benzene rings is 2. The lowest BCUT2D eigenvalue weighted by atomic mass is 10.1. The molecule has 0 saturated heterocycles. The molecule has 2 aromatic carbocycles. The number of likely N-dealkylation sites (N-methyl/N-ethyl adjacent to an activating group) is 1. The Morgan fingerprint density at radius 1 is 1.13 bits per heavy atom. The van der Waals surface area contributed by atoms with Crippen molar-refractivity contribution >= 4 is 5.96 Å². The molecule has 0 radical (unpaired) electrons. The molecule has 6 heteroatoms. The van der Waals surface area contributed by atoms with Crippen molar-refractivity contribution in [1.29, 1.82) is 0 Å². The monoisotopic (exact) mass is 410 g/mol. The van der Waals surface area contributed by atoms with Gasteiger partial charge in [-0.2, -0.15) is 0 Å². The molecule has 2 aromatic rings. The fourth-order valence-corrected chi connectivity index (χ4v) is 3.31. The number of nitrogens with zero attached hydrogens (tertiary/aromatic N) is 2. The summed E-state index contributed by atoms with van der Waals surface area (Å²) in [7, 11) is 4.09. The van der Waals surface area contributed by atoms with Crippen molar-refractivity contribution in [2.45, 2.75) is 26.3 Å². The highest BCUT2D eigenvalue weighted by molar-refractivity contribution is 5.79. The zero-order valence-electron chi connectivity index (χ0n) is 18.4. The van der Waals surface area contributed by atoms with Crippen molar-refractivity contribution < 1.29 is 9.47 Å². The van der Waals surface area contributed by atoms with Crippen LogP contribution in [0.3, 0.4) is 0 Å². The number of aliphatic imine (C=N–C) groups is 1. The number of guanidine groups is 1. The van der Waals surface area contributed by atoms with Crippen molar-refractivity contribution in [2.24, 2.45) is 4.99 Å². The highest BCUT2D eigenvalue weighted by atomic mass is 16.5. The molecule has 0 atom stereocenters. The topological polar surface area (TPSA) is 58.1 Å². The smallest absolute Gasteiger partial charge is 0.191 e. The minimum absolute atomic E-state index is 0.608. The van der Waals surface area contributed by atoms with Gasteiger partial charge < -0.3 is 25.0 Å². The SMILES string of the molecule is CCNC(=NCc1cccc(OCCN(C)C)c1)NCCc1ccc2c(c1)CCO2. The zero-order chi connectivity index (χ0) is 21.2. The molecule has 0 bridgehead atoms. The number of ether oxygens (including phenoxy) is 2. The third kappa shape index (κ3) is 6.95. The maximum absolute atomic E-state index is 5.83. The molecule has 0 aromatic heterocycles. The molecule has 0 spiro atoms. The van der Waals surface area contributed by atoms with Crippen LogP contribution in [0.1, 0.15) is 23.6 Å². The summed E-state index contributed by atoms with van der Waals surface area (Å²) >= 11 is 0. The van der Waals surface area contributed by atoms with E-state index in [9.17, 15) is 0 Å². The molecular formula is C24H34N4O2. The number of hydrogen-bond acceptors (Lipinski definition) is 4. The van der Waals surface area contributed by atoms with E-state index in [2.05, 4.69) is 52.8 Å². The van der Waals surface area contributed by atoms with Gasteiger partial charge in [-0.25, -0.2) is 4.99 Å². The van der Waals surface area contributed by atoms with Gasteiger partial charge in [0.25, 0.3) is 0 Å². The van der Waals surface area contributed by atoms with Crippen molar-refractivity contribution in [2.75, 3.05) is 46.9 Å². The summed E-state index contributed by atoms with van der Waals surface area (Å²) in [6.07, 6.45) is 1.96. The summed E-state index contributed by atoms with van der Waals surface area (Å²) in [5.41, 5.74) is 3.78. The maximum Gasteiger partial charge on any atom is 0.191 e. The quantitative estimate of drug-likeness (QED) is 0.466. The van der Waals surface area contributed by atoms with E-state index in [0.717, 1.165) is 62.1 Å². The van der Waals surface area contributed by atoms with Gasteiger partial charge in [0, 0.05) is 26.1 Å². The van der Waals surface area contributed by atoms with Crippen LogP contribution in [0.25, 0.3) is 0 Å². The van der Waals surface area contributed by atoms with E-state index in [0.29, 0.717) is 13.2 Å². The Balaban J connectivity index is 1.50. The van der Waals surface area contributed by atoms with Crippen molar-refractivity contribution in [3.63, 3.8) is 0 Å². The average Bonchev–Trinajstić information content (AvgIpc) is 3.20. The summed E-state index contributed by atoms with van der Waals surface area (Å²) in [4.78, 5) is 6.84. The molecule has 0 aliphatic carbocycles. The Morgan fingerprint density at radius 3 is 2.87 bits per heavy atom. The average molecular weight is 411 g/mol. The van der Waals surface area contributed by atoms with E-state index in [-0.39, 0.29) is 0 Å². The van der Waals surface area contributed by atoms with Crippen LogP contribution < -0.4 is 20.1 Å². The van der Waals surface area contributed by atoms with Crippen LogP contribution in [-0.2, 0) is 19.4 Å². The fraction of sp³-hybridized carbons (Fsp3) is 0.458. The highest BCUT2D eigenvalue weighted by Crippen LogP contribution is 2.25. The van der Waals surface area contributed by atoms with E-state index in [1.807, 2.05) is 26.2 Å². The summed E-state index contributed by atoms with van der Waals surface area (Å²) < 4.78 is 11.4. The standard InChI is InChI=1S/C24H34N4O2/c1-4-25-24(26-12-10-19-8-9-23-21(16-19)11-14-30-23)27-18-20-6-5-7-22(17-20)29-15-13-28(2)3/h5-9,16-17H,4,10-15,18H2,1-3H3,(H2,25,26,27). The van der Waals surface area contributed by atoms with E-state index in [1.165, 1.54) is 11.1 Å². The predicted molar refractivity (Wildman–Crippen MR) is 123 cm³/mol. The van der Waals surface area contributed by atoms with Crippen LogP contribution in [0.2, 0.25) is 0 Å². The van der Waals surface area contributed by atoms with Crippen molar-refractivity contribution in [1.82, 2.24) is 15.5 Å². The molecule has 30 heavy (non-hydrogen) atoms. The minimum atomic E-state index is 0.608. The number of fused-ring (bicyclic) bond motifs is 1. The molecule has 0 fully saturated rings. The Hall–Kier alpha value is -2.73. The molecule has 6 nitrogen and oxygen atoms in total. The summed E-state index contributed by atoms with van der Waals surface area (Å²) in [5.74, 6) is 2.76. The third-order valence-corrected chi connectivity index (χ3v) is 4.93. The van der Waals surface area contributed by atoms with Gasteiger partial charge in [0.05, 0.1) is 13.2 Å². The van der Waals surface area contributed by atoms with Crippen molar-refractivity contribution in [3.8, 4) is 11.5 Å². The van der Waals surface area contributed by atoms with Gasteiger partial charge >= 0.3 is 0 Å². The lowest BCUT2D eigenvalue weighted by Gasteiger charge is -2.13. The molecule has 1 heterocycles. The van der Waals surface area contributed by atoms with Gasteiger partial charge in [0.15, 0.2) is 5.96 Å². The number of hydrogen-bond donors (Lipinski definition) is 2. The first-order chi connectivity index (χ1) is 14.6. The van der Waals surface area contributed by atoms with Crippen LogP contribution >= 0.6 is 0 Å². The molecule has 1 aliphatic rings. The second-order valence-corrected chi connectivity index (χ2v) is 7.71. The molecule has 0 saturated carbocycles. The lowest BCUT2D eigenvalue weighted by molar-refractivity contribution is 0.261. The van der Waals surface area contributed by atoms with Gasteiger partial charge in [0.2, 0.25) is 0 Å². The van der Waals surface area contributed by atoms with Gasteiger partial charge in [-0.15, -0.1) is 0 Å². The van der Waals surface area contributed by atoms with E-state index < -0.39 is 0 Å². The fourth-order valence-electron chi connectivity index (χ4n) is 3.31. The Labute approximate surface area is 180 Å². The number of nitrogens with one attached hydrogen (secondary N) is 2. The first kappa shape index (κ1) is 22.0. The van der Waals surface area contributed by atoms with Gasteiger partial charge in [-0.1, -0.05) is 24.3 Å². The summed E-state index contributed by atoms with van der Waals surface area (Å²) in [6, 6.07) is 14.7. The summed E-state index contributed by atoms with van der Waals surface area (Å²) in [5, 5.41) is 6.76. The first-order valence-corrected chi connectivity index (χ1v) is 10.8. The molecule has 0 unspecified atom stereocenters. The molecular weight excluding hydrogens is 376 g/mol. The number of rotatable bonds is 10. The van der Waals surface area contributed by atoms with Crippen LogP contribution in [-0.4, -0.2) is 57.8 Å². The van der Waals surface area contributed by atoms with E-state index >= 15 is 0 Å². The third-order valence-electron chi connectivity index (χ3n) is 4.93. The molecule has 2 N–H and O–H groups in total. The normalized spacial score (nSPS) is 13.1. The van der Waals surface area contributed by atoms with E-state index in [4.69, 9.17) is 14.5 Å². The Kier molecular flexibility index (Phi) is 8.39. The van der Waals surface area contributed by atoms with Crippen LogP contribution in [0.5, 0.6) is 11.5 Å². The zero-order valence-corrected chi connectivity index (χ0v) is 18.4. The molecule has 0 amide bonds. The first-order valence-electron chi connectivity index (χ1n) is 10.8. The second kappa shape index (κ2) is 11.5. The second-order valence-electron chi connectivity index (χ2n) is 7.71. The van der Waals surface area contributed by atoms with Gasteiger partial charge in [0.1, 0.15) is 18.1 Å². The Morgan fingerprint density at radius 2 is 2.03 bits per heavy atom. The minimum Gasteiger partial charge on any atom is -0.493 e. The lowest BCUT2D eigenvalue weighted by Crippen LogP contribution is -2.38. The maximum atomic E-state index is 5.83. The molecule has 162 valence electrons. The summed E-state index contributed by atoms with van der Waals surface area (Å²) in [6.45, 7) is 6.73. The molecule has 1 aliphatic heterocycles. The van der Waals surface area contributed by atoms with Crippen molar-refractivity contribution in [3.05, 3.63) is 59.2 Å². The van der Waals surface area contributed by atoms with Gasteiger partial charge in [-0.3, -0.25) is 0 Å².